The zero-order valence-electron chi connectivity index (χ0n) is 11.2. The number of carbonyl (C=O) groups is 1. The Morgan fingerprint density at radius 3 is 2.90 bits per heavy atom. The van der Waals surface area contributed by atoms with E-state index in [4.69, 9.17) is 0 Å². The van der Waals surface area contributed by atoms with Gasteiger partial charge in [-0.05, 0) is 6.07 Å². The van der Waals surface area contributed by atoms with Gasteiger partial charge in [0.15, 0.2) is 5.82 Å². The third kappa shape index (κ3) is 3.32. The Hall–Kier alpha value is -2.97. The van der Waals surface area contributed by atoms with E-state index in [1.54, 1.807) is 0 Å². The van der Waals surface area contributed by atoms with Crippen LogP contribution in [0.2, 0.25) is 0 Å². The van der Waals surface area contributed by atoms with E-state index in [0.29, 0.717) is 18.8 Å². The minimum Gasteiger partial charge on any atom is -0.382 e. The lowest BCUT2D eigenvalue weighted by Crippen LogP contribution is -2.26. The Morgan fingerprint density at radius 2 is 2.29 bits per heavy atom. The fourth-order valence-corrected chi connectivity index (χ4v) is 1.83. The van der Waals surface area contributed by atoms with E-state index in [0.717, 1.165) is 0 Å². The summed E-state index contributed by atoms with van der Waals surface area (Å²) in [5, 5.41) is 19.9. The minimum absolute atomic E-state index is 0.150. The average Bonchev–Trinajstić information content (AvgIpc) is 2.99. The van der Waals surface area contributed by atoms with Crippen molar-refractivity contribution < 1.29 is 14.2 Å². The fourth-order valence-electron chi connectivity index (χ4n) is 1.83. The van der Waals surface area contributed by atoms with Crippen LogP contribution < -0.4 is 10.6 Å². The molecule has 9 nitrogen and oxygen atoms in total. The number of nitrogens with one attached hydrogen (secondary N) is 2. The SMILES string of the molecule is CNc1c(C(=O)NCCc2ncon2)cccc1[N+](=O)[O-]. The standard InChI is InChI=1S/C12H13N5O4/c1-13-11-8(3-2-4-9(11)17(19)20)12(18)14-6-5-10-15-7-21-16-10/h2-4,7,13H,5-6H2,1H3,(H,14,18). The molecule has 1 heterocycles. The van der Waals surface area contributed by atoms with Gasteiger partial charge in [0.1, 0.15) is 5.69 Å². The summed E-state index contributed by atoms with van der Waals surface area (Å²) >= 11 is 0. The first kappa shape index (κ1) is 14.4. The van der Waals surface area contributed by atoms with Crippen LogP contribution in [0.25, 0.3) is 0 Å². The van der Waals surface area contributed by atoms with Crippen LogP contribution in [0.1, 0.15) is 16.2 Å². The summed E-state index contributed by atoms with van der Waals surface area (Å²) in [7, 11) is 1.53. The molecule has 0 fully saturated rings. The van der Waals surface area contributed by atoms with E-state index in [1.165, 1.54) is 31.6 Å². The van der Waals surface area contributed by atoms with Crippen LogP contribution >= 0.6 is 0 Å². The fraction of sp³-hybridized carbons (Fsp3) is 0.250. The summed E-state index contributed by atoms with van der Waals surface area (Å²) < 4.78 is 4.58. The van der Waals surface area contributed by atoms with Gasteiger partial charge in [-0.2, -0.15) is 4.98 Å². The number of benzene rings is 1. The Labute approximate surface area is 119 Å². The number of hydrogen-bond donors (Lipinski definition) is 2. The molecule has 0 saturated carbocycles. The second-order valence-corrected chi connectivity index (χ2v) is 4.06. The van der Waals surface area contributed by atoms with Crippen LogP contribution in [0.3, 0.4) is 0 Å². The molecule has 0 aliphatic heterocycles. The molecule has 0 spiro atoms. The van der Waals surface area contributed by atoms with Crippen molar-refractivity contribution in [3.63, 3.8) is 0 Å². The molecule has 0 saturated heterocycles. The molecule has 2 N–H and O–H groups in total. The molecule has 2 aromatic rings. The maximum absolute atomic E-state index is 12.1. The summed E-state index contributed by atoms with van der Waals surface area (Å²) in [4.78, 5) is 26.3. The van der Waals surface area contributed by atoms with Crippen molar-refractivity contribution in [2.45, 2.75) is 6.42 Å². The average molecular weight is 291 g/mol. The zero-order valence-corrected chi connectivity index (χ0v) is 11.2. The molecule has 0 unspecified atom stereocenters. The number of aromatic nitrogens is 2. The maximum Gasteiger partial charge on any atom is 0.293 e. The van der Waals surface area contributed by atoms with Gasteiger partial charge in [0.25, 0.3) is 11.6 Å². The van der Waals surface area contributed by atoms with Crippen LogP contribution in [0.15, 0.2) is 29.1 Å². The van der Waals surface area contributed by atoms with Gasteiger partial charge in [-0.1, -0.05) is 11.2 Å². The van der Waals surface area contributed by atoms with Crippen molar-refractivity contribution in [2.75, 3.05) is 18.9 Å². The molecule has 0 bridgehead atoms. The van der Waals surface area contributed by atoms with Crippen LogP contribution in [0, 0.1) is 10.1 Å². The lowest BCUT2D eigenvalue weighted by Gasteiger charge is -2.09. The normalized spacial score (nSPS) is 10.1. The predicted molar refractivity (Wildman–Crippen MR) is 73.0 cm³/mol. The lowest BCUT2D eigenvalue weighted by atomic mass is 10.1. The smallest absolute Gasteiger partial charge is 0.293 e. The number of hydrogen-bond acceptors (Lipinski definition) is 7. The second kappa shape index (κ2) is 6.46. The quantitative estimate of drug-likeness (QED) is 0.600. The third-order valence-corrected chi connectivity index (χ3v) is 2.77. The lowest BCUT2D eigenvalue weighted by molar-refractivity contribution is -0.384. The van der Waals surface area contributed by atoms with Gasteiger partial charge < -0.3 is 15.2 Å². The van der Waals surface area contributed by atoms with Gasteiger partial charge in [0, 0.05) is 26.1 Å². The van der Waals surface area contributed by atoms with E-state index in [1.807, 2.05) is 0 Å². The number of nitro groups is 1. The third-order valence-electron chi connectivity index (χ3n) is 2.77. The molecule has 21 heavy (non-hydrogen) atoms. The number of rotatable bonds is 6. The van der Waals surface area contributed by atoms with E-state index in [9.17, 15) is 14.9 Å². The van der Waals surface area contributed by atoms with Gasteiger partial charge in [-0.3, -0.25) is 14.9 Å². The molecule has 110 valence electrons. The van der Waals surface area contributed by atoms with Gasteiger partial charge in [0.05, 0.1) is 10.5 Å². The van der Waals surface area contributed by atoms with Crippen molar-refractivity contribution in [3.8, 4) is 0 Å². The van der Waals surface area contributed by atoms with E-state index >= 15 is 0 Å². The van der Waals surface area contributed by atoms with Gasteiger partial charge in [-0.15, -0.1) is 0 Å². The summed E-state index contributed by atoms with van der Waals surface area (Å²) in [6.45, 7) is 0.296. The van der Waals surface area contributed by atoms with Gasteiger partial charge in [0.2, 0.25) is 6.39 Å². The first-order chi connectivity index (χ1) is 10.1. The van der Waals surface area contributed by atoms with Crippen LogP contribution in [0.4, 0.5) is 11.4 Å². The topological polar surface area (TPSA) is 123 Å². The second-order valence-electron chi connectivity index (χ2n) is 4.06. The first-order valence-corrected chi connectivity index (χ1v) is 6.12. The molecule has 2 rings (SSSR count). The largest absolute Gasteiger partial charge is 0.382 e. The number of nitro benzene ring substituents is 1. The maximum atomic E-state index is 12.1. The number of anilines is 1. The van der Waals surface area contributed by atoms with E-state index in [-0.39, 0.29) is 16.9 Å². The van der Waals surface area contributed by atoms with E-state index < -0.39 is 10.8 Å². The molecular formula is C12H13N5O4. The molecule has 0 aliphatic carbocycles. The monoisotopic (exact) mass is 291 g/mol. The van der Waals surface area contributed by atoms with Gasteiger partial charge >= 0.3 is 0 Å². The summed E-state index contributed by atoms with van der Waals surface area (Å²) in [5.74, 6) is 0.0646. The van der Waals surface area contributed by atoms with Crippen molar-refractivity contribution in [3.05, 3.63) is 46.1 Å². The minimum atomic E-state index is -0.540. The zero-order chi connectivity index (χ0) is 15.2. The Morgan fingerprint density at radius 1 is 1.48 bits per heavy atom. The highest BCUT2D eigenvalue weighted by Crippen LogP contribution is 2.27. The number of para-hydroxylation sites is 1. The Balaban J connectivity index is 2.08. The Bertz CT molecular complexity index is 641. The molecule has 9 heteroatoms. The molecule has 1 aromatic carbocycles. The predicted octanol–water partition coefficient (Wildman–Crippen LogP) is 0.992. The number of amides is 1. The van der Waals surface area contributed by atoms with Gasteiger partial charge in [-0.25, -0.2) is 0 Å². The number of carbonyl (C=O) groups excluding carboxylic acids is 1. The summed E-state index contributed by atoms with van der Waals surface area (Å²) in [6.07, 6.45) is 1.61. The molecule has 0 radical (unpaired) electrons. The molecule has 0 atom stereocenters. The molecule has 1 aromatic heterocycles. The van der Waals surface area contributed by atoms with Crippen molar-refractivity contribution in [1.29, 1.82) is 0 Å². The highest BCUT2D eigenvalue weighted by Gasteiger charge is 2.20. The van der Waals surface area contributed by atoms with Crippen LogP contribution in [-0.2, 0) is 6.42 Å². The van der Waals surface area contributed by atoms with E-state index in [2.05, 4.69) is 25.3 Å². The van der Waals surface area contributed by atoms with Crippen LogP contribution in [-0.4, -0.2) is 34.6 Å². The highest BCUT2D eigenvalue weighted by molar-refractivity contribution is 6.01. The molecule has 1 amide bonds. The van der Waals surface area contributed by atoms with Crippen molar-refractivity contribution in [1.82, 2.24) is 15.5 Å². The highest BCUT2D eigenvalue weighted by atomic mass is 16.6. The van der Waals surface area contributed by atoms with Crippen molar-refractivity contribution >= 4 is 17.3 Å². The van der Waals surface area contributed by atoms with Crippen LogP contribution in [0.5, 0.6) is 0 Å². The number of nitrogens with zero attached hydrogens (tertiary/aromatic N) is 3. The first-order valence-electron chi connectivity index (χ1n) is 6.12. The molecule has 0 aliphatic rings. The summed E-state index contributed by atoms with van der Waals surface area (Å²) in [5.41, 5.74) is 0.239. The summed E-state index contributed by atoms with van der Waals surface area (Å²) in [6, 6.07) is 4.32. The molecular weight excluding hydrogens is 278 g/mol. The van der Waals surface area contributed by atoms with Crippen molar-refractivity contribution in [2.24, 2.45) is 0 Å². The Kier molecular flexibility index (Phi) is 4.44.